The molecule has 3 rings (SSSR count). The Morgan fingerprint density at radius 2 is 1.90 bits per heavy atom. The number of hydrogen-bond acceptors (Lipinski definition) is 5. The van der Waals surface area contributed by atoms with Crippen molar-refractivity contribution < 1.29 is 17.9 Å². The van der Waals surface area contributed by atoms with Crippen molar-refractivity contribution in [3.8, 4) is 0 Å². The molecule has 29 heavy (non-hydrogen) atoms. The van der Waals surface area contributed by atoms with Crippen LogP contribution in [-0.4, -0.2) is 56.9 Å². The van der Waals surface area contributed by atoms with Gasteiger partial charge in [-0.1, -0.05) is 13.0 Å². The summed E-state index contributed by atoms with van der Waals surface area (Å²) in [5.74, 6) is 0.425. The number of amides is 1. The third kappa shape index (κ3) is 5.45. The SMILES string of the molecule is COCCN(Cc1cccs1)C(=O)c1ccc(S(=O)(=O)N2CCC(C)CC2)cc1. The Bertz CT molecular complexity index is 887. The Balaban J connectivity index is 1.74. The number of nitrogens with zero attached hydrogens (tertiary/aromatic N) is 2. The second-order valence-corrected chi connectivity index (χ2v) is 10.4. The average Bonchev–Trinajstić information content (AvgIpc) is 3.24. The van der Waals surface area contributed by atoms with E-state index in [1.807, 2.05) is 17.5 Å². The highest BCUT2D eigenvalue weighted by Crippen LogP contribution is 2.24. The summed E-state index contributed by atoms with van der Waals surface area (Å²) in [6.07, 6.45) is 1.76. The largest absolute Gasteiger partial charge is 0.383 e. The van der Waals surface area contributed by atoms with E-state index in [0.717, 1.165) is 17.7 Å². The lowest BCUT2D eigenvalue weighted by Crippen LogP contribution is -2.38. The third-order valence-electron chi connectivity index (χ3n) is 5.26. The maximum atomic E-state index is 13.0. The first kappa shape index (κ1) is 22.0. The molecule has 0 aliphatic carbocycles. The number of ether oxygens (including phenoxy) is 1. The molecule has 0 unspecified atom stereocenters. The van der Waals surface area contributed by atoms with Gasteiger partial charge >= 0.3 is 0 Å². The van der Waals surface area contributed by atoms with Gasteiger partial charge < -0.3 is 9.64 Å². The van der Waals surface area contributed by atoms with Gasteiger partial charge in [0.2, 0.25) is 10.0 Å². The molecule has 1 aliphatic heterocycles. The van der Waals surface area contributed by atoms with Crippen LogP contribution in [0, 0.1) is 5.92 Å². The highest BCUT2D eigenvalue weighted by Gasteiger charge is 2.28. The van der Waals surface area contributed by atoms with E-state index in [4.69, 9.17) is 4.74 Å². The average molecular weight is 437 g/mol. The van der Waals surface area contributed by atoms with Crippen molar-refractivity contribution >= 4 is 27.3 Å². The molecule has 0 radical (unpaired) electrons. The molecule has 0 spiro atoms. The topological polar surface area (TPSA) is 66.9 Å². The molecule has 1 aromatic carbocycles. The fraction of sp³-hybridized carbons (Fsp3) is 0.476. The molecule has 1 aromatic heterocycles. The number of sulfonamides is 1. The molecule has 0 N–H and O–H groups in total. The molecule has 8 heteroatoms. The van der Waals surface area contributed by atoms with E-state index in [1.165, 1.54) is 0 Å². The highest BCUT2D eigenvalue weighted by atomic mass is 32.2. The fourth-order valence-corrected chi connectivity index (χ4v) is 5.56. The van der Waals surface area contributed by atoms with Gasteiger partial charge in [0.25, 0.3) is 5.91 Å². The summed E-state index contributed by atoms with van der Waals surface area (Å²) in [6.45, 7) is 4.67. The van der Waals surface area contributed by atoms with Crippen molar-refractivity contribution in [3.05, 3.63) is 52.2 Å². The molecule has 158 valence electrons. The van der Waals surface area contributed by atoms with E-state index in [0.29, 0.717) is 44.3 Å². The summed E-state index contributed by atoms with van der Waals surface area (Å²) >= 11 is 1.60. The molecule has 2 aromatic rings. The predicted octanol–water partition coefficient (Wildman–Crippen LogP) is 3.46. The van der Waals surface area contributed by atoms with E-state index in [9.17, 15) is 13.2 Å². The Morgan fingerprint density at radius 1 is 1.21 bits per heavy atom. The summed E-state index contributed by atoms with van der Waals surface area (Å²) in [4.78, 5) is 16.0. The number of rotatable bonds is 8. The van der Waals surface area contributed by atoms with Crippen LogP contribution in [-0.2, 0) is 21.3 Å². The van der Waals surface area contributed by atoms with Crippen molar-refractivity contribution in [2.45, 2.75) is 31.2 Å². The summed E-state index contributed by atoms with van der Waals surface area (Å²) < 4.78 is 32.4. The van der Waals surface area contributed by atoms with Gasteiger partial charge in [0.05, 0.1) is 18.0 Å². The van der Waals surface area contributed by atoms with Crippen molar-refractivity contribution in [1.82, 2.24) is 9.21 Å². The van der Waals surface area contributed by atoms with Crippen molar-refractivity contribution in [3.63, 3.8) is 0 Å². The van der Waals surface area contributed by atoms with Crippen molar-refractivity contribution in [1.29, 1.82) is 0 Å². The monoisotopic (exact) mass is 436 g/mol. The van der Waals surface area contributed by atoms with Crippen LogP contribution < -0.4 is 0 Å². The van der Waals surface area contributed by atoms with Gasteiger partial charge in [-0.25, -0.2) is 8.42 Å². The Labute approximate surface area is 177 Å². The van der Waals surface area contributed by atoms with Crippen LogP contribution >= 0.6 is 11.3 Å². The van der Waals surface area contributed by atoms with Gasteiger partial charge in [0, 0.05) is 37.2 Å². The fourth-order valence-electron chi connectivity index (χ4n) is 3.37. The molecule has 0 saturated carbocycles. The quantitative estimate of drug-likeness (QED) is 0.636. The minimum atomic E-state index is -3.51. The van der Waals surface area contributed by atoms with Crippen molar-refractivity contribution in [2.24, 2.45) is 5.92 Å². The number of carbonyl (C=O) groups is 1. The molecule has 1 aliphatic rings. The maximum Gasteiger partial charge on any atom is 0.254 e. The number of benzene rings is 1. The lowest BCUT2D eigenvalue weighted by atomic mass is 10.0. The first-order valence-corrected chi connectivity index (χ1v) is 12.1. The zero-order chi connectivity index (χ0) is 20.9. The van der Waals surface area contributed by atoms with Crippen LogP contribution in [0.2, 0.25) is 0 Å². The van der Waals surface area contributed by atoms with Gasteiger partial charge in [-0.2, -0.15) is 4.31 Å². The van der Waals surface area contributed by atoms with Gasteiger partial charge in [0.15, 0.2) is 0 Å². The molecule has 1 saturated heterocycles. The van der Waals surface area contributed by atoms with Crippen LogP contribution in [0.15, 0.2) is 46.7 Å². The van der Waals surface area contributed by atoms with Crippen LogP contribution in [0.4, 0.5) is 0 Å². The Hall–Kier alpha value is -1.74. The summed E-state index contributed by atoms with van der Waals surface area (Å²) in [5.41, 5.74) is 0.476. The van der Waals surface area contributed by atoms with Crippen molar-refractivity contribution in [2.75, 3.05) is 33.4 Å². The first-order valence-electron chi connectivity index (χ1n) is 9.82. The van der Waals surface area contributed by atoms with Gasteiger partial charge in [-0.05, 0) is 54.5 Å². The molecule has 6 nitrogen and oxygen atoms in total. The Kier molecular flexibility index (Phi) is 7.45. The summed E-state index contributed by atoms with van der Waals surface area (Å²) in [7, 11) is -1.91. The number of piperidine rings is 1. The molecular formula is C21H28N2O4S2. The molecular weight excluding hydrogens is 408 g/mol. The standard InChI is InChI=1S/C21H28N2O4S2/c1-17-9-11-23(12-10-17)29(25,26)20-7-5-18(6-8-20)21(24)22(13-14-27-2)16-19-4-3-15-28-19/h3-8,15,17H,9-14,16H2,1-2H3. The normalized spacial score (nSPS) is 16.1. The first-order chi connectivity index (χ1) is 13.9. The van der Waals surface area contributed by atoms with Crippen LogP contribution in [0.1, 0.15) is 35.0 Å². The van der Waals surface area contributed by atoms with E-state index in [-0.39, 0.29) is 10.8 Å². The molecule has 2 heterocycles. The maximum absolute atomic E-state index is 13.0. The minimum absolute atomic E-state index is 0.133. The summed E-state index contributed by atoms with van der Waals surface area (Å²) in [5, 5.41) is 1.98. The number of carbonyl (C=O) groups excluding carboxylic acids is 1. The number of methoxy groups -OCH3 is 1. The van der Waals surface area contributed by atoms with Gasteiger partial charge in [-0.15, -0.1) is 11.3 Å². The van der Waals surface area contributed by atoms with Gasteiger partial charge in [-0.3, -0.25) is 4.79 Å². The van der Waals surface area contributed by atoms with Crippen LogP contribution in [0.5, 0.6) is 0 Å². The molecule has 1 fully saturated rings. The predicted molar refractivity (Wildman–Crippen MR) is 115 cm³/mol. The second kappa shape index (κ2) is 9.84. The minimum Gasteiger partial charge on any atom is -0.383 e. The Morgan fingerprint density at radius 3 is 2.48 bits per heavy atom. The van der Waals surface area contributed by atoms with Crippen LogP contribution in [0.25, 0.3) is 0 Å². The zero-order valence-electron chi connectivity index (χ0n) is 16.9. The number of thiophene rings is 1. The van der Waals surface area contributed by atoms with E-state index < -0.39 is 10.0 Å². The third-order valence-corrected chi connectivity index (χ3v) is 8.04. The lowest BCUT2D eigenvalue weighted by Gasteiger charge is -2.29. The van der Waals surface area contributed by atoms with Gasteiger partial charge in [0.1, 0.15) is 0 Å². The molecule has 0 bridgehead atoms. The highest BCUT2D eigenvalue weighted by molar-refractivity contribution is 7.89. The molecule has 0 atom stereocenters. The summed E-state index contributed by atoms with van der Waals surface area (Å²) in [6, 6.07) is 10.2. The lowest BCUT2D eigenvalue weighted by molar-refractivity contribution is 0.0682. The zero-order valence-corrected chi connectivity index (χ0v) is 18.5. The second-order valence-electron chi connectivity index (χ2n) is 7.41. The number of hydrogen-bond donors (Lipinski definition) is 0. The van der Waals surface area contributed by atoms with E-state index in [2.05, 4.69) is 6.92 Å². The van der Waals surface area contributed by atoms with E-state index in [1.54, 1.807) is 51.9 Å². The smallest absolute Gasteiger partial charge is 0.254 e. The molecule has 1 amide bonds. The van der Waals surface area contributed by atoms with E-state index >= 15 is 0 Å². The van der Waals surface area contributed by atoms with Crippen LogP contribution in [0.3, 0.4) is 0 Å².